The number of aliphatic imine (C=N–C) groups is 2. The Bertz CT molecular complexity index is 1500. The maximum Gasteiger partial charge on any atom is 0.128 e. The zero-order chi connectivity index (χ0) is 31.8. The van der Waals surface area contributed by atoms with Crippen molar-refractivity contribution in [2.75, 3.05) is 7.11 Å². The minimum atomic E-state index is -0.241. The van der Waals surface area contributed by atoms with Crippen LogP contribution in [-0.2, 0) is 21.7 Å². The lowest BCUT2D eigenvalue weighted by Crippen LogP contribution is -2.17. The maximum absolute atomic E-state index is 11.3. The summed E-state index contributed by atoms with van der Waals surface area (Å²) in [4.78, 5) is 9.59. The molecule has 0 saturated heterocycles. The molecule has 0 aliphatic rings. The van der Waals surface area contributed by atoms with Crippen molar-refractivity contribution in [3.8, 4) is 17.2 Å². The summed E-state index contributed by atoms with van der Waals surface area (Å²) in [5.41, 5.74) is 5.85. The third-order valence-electron chi connectivity index (χ3n) is 7.49. The van der Waals surface area contributed by atoms with Crippen LogP contribution >= 0.6 is 0 Å². The van der Waals surface area contributed by atoms with E-state index in [2.05, 4.69) is 95.2 Å². The topological polar surface area (TPSA) is 74.4 Å². The number of aromatic hydroxyl groups is 2. The molecule has 0 aliphatic carbocycles. The number of methoxy groups -OCH3 is 1. The highest BCUT2D eigenvalue weighted by atomic mass is 16.5. The summed E-state index contributed by atoms with van der Waals surface area (Å²) < 4.78 is 5.49. The first-order valence-electron chi connectivity index (χ1n) is 14.6. The van der Waals surface area contributed by atoms with Crippen LogP contribution in [0.4, 0.5) is 11.4 Å². The summed E-state index contributed by atoms with van der Waals surface area (Å²) in [5, 5.41) is 22.5. The molecule has 5 heteroatoms. The van der Waals surface area contributed by atoms with Gasteiger partial charge in [-0.05, 0) is 57.1 Å². The van der Waals surface area contributed by atoms with Crippen molar-refractivity contribution in [1.82, 2.24) is 0 Å². The summed E-state index contributed by atoms with van der Waals surface area (Å²) in [6.07, 6.45) is 3.40. The van der Waals surface area contributed by atoms with E-state index in [1.165, 1.54) is 0 Å². The van der Waals surface area contributed by atoms with Crippen LogP contribution in [0, 0.1) is 0 Å². The summed E-state index contributed by atoms with van der Waals surface area (Å²) in [6, 6.07) is 13.7. The zero-order valence-corrected chi connectivity index (χ0v) is 27.9. The lowest BCUT2D eigenvalue weighted by molar-refractivity contribution is 0.415. The second-order valence-electron chi connectivity index (χ2n) is 15.3. The largest absolute Gasteiger partial charge is 0.507 e. The smallest absolute Gasteiger partial charge is 0.128 e. The van der Waals surface area contributed by atoms with Gasteiger partial charge in [0, 0.05) is 40.7 Å². The van der Waals surface area contributed by atoms with Crippen LogP contribution in [0.25, 0.3) is 0 Å². The molecule has 3 rings (SSSR count). The molecule has 0 aromatic heterocycles. The van der Waals surface area contributed by atoms with Crippen molar-refractivity contribution >= 4 is 23.8 Å². The molecule has 0 amide bonds. The third kappa shape index (κ3) is 7.61. The minimum Gasteiger partial charge on any atom is -0.507 e. The zero-order valence-electron chi connectivity index (χ0n) is 27.9. The summed E-state index contributed by atoms with van der Waals surface area (Å²) in [7, 11) is 1.62. The SMILES string of the molecule is COc1ccc(N=Cc2cc(C(C)(C)C)cc(C(C)(C)C)c2O)c(N=Cc2cc(C(C)(C)C)cc(C(C)(C)C)c2O)c1. The first kappa shape index (κ1) is 32.9. The lowest BCUT2D eigenvalue weighted by Gasteiger charge is -2.27. The van der Waals surface area contributed by atoms with Crippen LogP contribution in [0.2, 0.25) is 0 Å². The van der Waals surface area contributed by atoms with Crippen molar-refractivity contribution < 1.29 is 14.9 Å². The maximum atomic E-state index is 11.3. The molecule has 5 nitrogen and oxygen atoms in total. The monoisotopic (exact) mass is 570 g/mol. The molecule has 0 heterocycles. The fourth-order valence-electron chi connectivity index (χ4n) is 4.64. The second kappa shape index (κ2) is 11.6. The molecule has 2 N–H and O–H groups in total. The van der Waals surface area contributed by atoms with Crippen molar-refractivity contribution in [2.24, 2.45) is 9.98 Å². The number of phenolic OH excluding ortho intramolecular Hbond substituents is 2. The Morgan fingerprint density at radius 2 is 0.952 bits per heavy atom. The predicted octanol–water partition coefficient (Wildman–Crippen LogP) is 9.80. The number of nitrogens with zero attached hydrogens (tertiary/aromatic N) is 2. The van der Waals surface area contributed by atoms with E-state index in [0.29, 0.717) is 28.3 Å². The molecule has 0 radical (unpaired) electrons. The van der Waals surface area contributed by atoms with E-state index < -0.39 is 0 Å². The van der Waals surface area contributed by atoms with E-state index in [9.17, 15) is 10.2 Å². The normalized spacial score (nSPS) is 13.4. The molecular weight excluding hydrogens is 520 g/mol. The van der Waals surface area contributed by atoms with Crippen LogP contribution in [0.15, 0.2) is 52.4 Å². The summed E-state index contributed by atoms with van der Waals surface area (Å²) in [6.45, 7) is 25.6. The molecule has 0 atom stereocenters. The Hall–Kier alpha value is -3.60. The molecule has 0 spiro atoms. The van der Waals surface area contributed by atoms with Gasteiger partial charge in [0.2, 0.25) is 0 Å². The minimum absolute atomic E-state index is 0.0959. The van der Waals surface area contributed by atoms with Gasteiger partial charge in [0.05, 0.1) is 18.5 Å². The van der Waals surface area contributed by atoms with Crippen LogP contribution in [0.5, 0.6) is 17.2 Å². The van der Waals surface area contributed by atoms with Crippen LogP contribution in [-0.4, -0.2) is 29.8 Å². The van der Waals surface area contributed by atoms with Crippen LogP contribution in [0.3, 0.4) is 0 Å². The molecule has 0 fully saturated rings. The van der Waals surface area contributed by atoms with E-state index in [1.54, 1.807) is 19.5 Å². The average molecular weight is 571 g/mol. The van der Waals surface area contributed by atoms with Gasteiger partial charge in [-0.25, -0.2) is 0 Å². The highest BCUT2D eigenvalue weighted by Gasteiger charge is 2.26. The first-order chi connectivity index (χ1) is 19.1. The van der Waals surface area contributed by atoms with Gasteiger partial charge in [-0.1, -0.05) is 95.2 Å². The van der Waals surface area contributed by atoms with Crippen molar-refractivity contribution in [2.45, 2.75) is 105 Å². The van der Waals surface area contributed by atoms with E-state index in [4.69, 9.17) is 14.7 Å². The predicted molar refractivity (Wildman–Crippen MR) is 179 cm³/mol. The van der Waals surface area contributed by atoms with E-state index in [-0.39, 0.29) is 33.2 Å². The Morgan fingerprint density at radius 1 is 0.548 bits per heavy atom. The van der Waals surface area contributed by atoms with Gasteiger partial charge in [-0.2, -0.15) is 0 Å². The number of rotatable bonds is 5. The molecule has 42 heavy (non-hydrogen) atoms. The Labute approximate surface area is 253 Å². The molecule has 3 aromatic carbocycles. The Morgan fingerprint density at radius 3 is 1.31 bits per heavy atom. The van der Waals surface area contributed by atoms with Crippen molar-refractivity contribution in [3.05, 3.63) is 75.8 Å². The second-order valence-corrected chi connectivity index (χ2v) is 15.3. The first-order valence-corrected chi connectivity index (χ1v) is 14.6. The molecule has 3 aromatic rings. The van der Waals surface area contributed by atoms with Crippen molar-refractivity contribution in [3.63, 3.8) is 0 Å². The van der Waals surface area contributed by atoms with Gasteiger partial charge >= 0.3 is 0 Å². The van der Waals surface area contributed by atoms with E-state index in [0.717, 1.165) is 22.3 Å². The van der Waals surface area contributed by atoms with E-state index >= 15 is 0 Å². The van der Waals surface area contributed by atoms with Gasteiger partial charge in [0.25, 0.3) is 0 Å². The Kier molecular flexibility index (Phi) is 9.08. The highest BCUT2D eigenvalue weighted by Crippen LogP contribution is 2.40. The fraction of sp³-hybridized carbons (Fsp3) is 0.459. The molecule has 0 saturated carbocycles. The summed E-state index contributed by atoms with van der Waals surface area (Å²) in [5.74, 6) is 1.11. The van der Waals surface area contributed by atoms with Crippen LogP contribution < -0.4 is 4.74 Å². The van der Waals surface area contributed by atoms with Crippen molar-refractivity contribution in [1.29, 1.82) is 0 Å². The number of benzene rings is 3. The number of hydrogen-bond donors (Lipinski definition) is 2. The van der Waals surface area contributed by atoms with Gasteiger partial charge in [-0.3, -0.25) is 9.98 Å². The number of phenols is 2. The van der Waals surface area contributed by atoms with Crippen LogP contribution in [0.1, 0.15) is 116 Å². The summed E-state index contributed by atoms with van der Waals surface area (Å²) >= 11 is 0. The van der Waals surface area contributed by atoms with Gasteiger partial charge in [-0.15, -0.1) is 0 Å². The number of ether oxygens (including phenoxy) is 1. The third-order valence-corrected chi connectivity index (χ3v) is 7.49. The number of hydrogen-bond acceptors (Lipinski definition) is 5. The van der Waals surface area contributed by atoms with Gasteiger partial charge in [0.15, 0.2) is 0 Å². The van der Waals surface area contributed by atoms with Gasteiger partial charge in [0.1, 0.15) is 17.2 Å². The van der Waals surface area contributed by atoms with E-state index in [1.807, 2.05) is 30.3 Å². The average Bonchev–Trinajstić information content (AvgIpc) is 2.84. The molecule has 0 bridgehead atoms. The fourth-order valence-corrected chi connectivity index (χ4v) is 4.64. The molecule has 0 unspecified atom stereocenters. The quantitative estimate of drug-likeness (QED) is 0.300. The standard InChI is InChI=1S/C37H50N2O3/c1-34(2,3)25-16-23(32(40)28(18-25)36(7,8)9)21-38-30-15-14-27(42-13)20-31(30)39-22-24-17-26(35(4,5)6)19-29(33(24)41)37(10,11)12/h14-22,40-41H,1-13H3. The molecular formula is C37H50N2O3. The Balaban J connectivity index is 2.17. The molecule has 0 aliphatic heterocycles. The highest BCUT2D eigenvalue weighted by molar-refractivity contribution is 5.91. The van der Waals surface area contributed by atoms with Gasteiger partial charge < -0.3 is 14.9 Å². The lowest BCUT2D eigenvalue weighted by atomic mass is 9.79. The molecule has 226 valence electrons.